The number of ether oxygens (including phenoxy) is 1. The minimum Gasteiger partial charge on any atom is -0.476 e. The zero-order valence-corrected chi connectivity index (χ0v) is 11.2. The monoisotopic (exact) mass is 265 g/mol. The number of hydrogen-bond acceptors (Lipinski definition) is 5. The van der Waals surface area contributed by atoms with Gasteiger partial charge < -0.3 is 15.2 Å². The highest BCUT2D eigenvalue weighted by Crippen LogP contribution is 2.18. The van der Waals surface area contributed by atoms with Crippen molar-refractivity contribution in [3.63, 3.8) is 0 Å². The van der Waals surface area contributed by atoms with Crippen molar-refractivity contribution in [2.75, 3.05) is 18.5 Å². The molecule has 0 aromatic carbocycles. The molecule has 1 aliphatic rings. The van der Waals surface area contributed by atoms with E-state index in [0.717, 1.165) is 19.4 Å². The molecule has 1 saturated heterocycles. The number of carboxylic acids is 1. The molecule has 2 rings (SSSR count). The molecule has 1 aromatic rings. The molecular weight excluding hydrogens is 246 g/mol. The Morgan fingerprint density at radius 1 is 1.63 bits per heavy atom. The quantitative estimate of drug-likeness (QED) is 0.845. The predicted molar refractivity (Wildman–Crippen MR) is 70.5 cm³/mol. The summed E-state index contributed by atoms with van der Waals surface area (Å²) in [5, 5.41) is 12.3. The number of anilines is 1. The summed E-state index contributed by atoms with van der Waals surface area (Å²) in [6.45, 7) is 5.23. The molecule has 0 bridgehead atoms. The second kappa shape index (κ2) is 5.97. The van der Waals surface area contributed by atoms with Crippen molar-refractivity contribution in [1.29, 1.82) is 0 Å². The van der Waals surface area contributed by atoms with Gasteiger partial charge in [-0.25, -0.2) is 14.8 Å². The van der Waals surface area contributed by atoms with E-state index in [0.29, 0.717) is 18.1 Å². The summed E-state index contributed by atoms with van der Waals surface area (Å²) in [6.07, 6.45) is 3.74. The first-order valence-corrected chi connectivity index (χ1v) is 6.53. The first-order valence-electron chi connectivity index (χ1n) is 6.53. The number of rotatable bonds is 5. The molecule has 1 atom stereocenters. The van der Waals surface area contributed by atoms with Gasteiger partial charge in [0.1, 0.15) is 5.82 Å². The summed E-state index contributed by atoms with van der Waals surface area (Å²) >= 11 is 0. The van der Waals surface area contributed by atoms with Gasteiger partial charge in [0.2, 0.25) is 0 Å². The lowest BCUT2D eigenvalue weighted by Crippen LogP contribution is -2.21. The van der Waals surface area contributed by atoms with E-state index in [2.05, 4.69) is 15.3 Å². The number of hydrogen-bond donors (Lipinski definition) is 2. The Kier molecular flexibility index (Phi) is 4.31. The highest BCUT2D eigenvalue weighted by Gasteiger charge is 2.19. The van der Waals surface area contributed by atoms with Crippen molar-refractivity contribution in [1.82, 2.24) is 9.97 Å². The third kappa shape index (κ3) is 3.41. The topological polar surface area (TPSA) is 84.3 Å². The number of nitrogens with one attached hydrogen (secondary N) is 1. The minimum absolute atomic E-state index is 0.0247. The van der Waals surface area contributed by atoms with Crippen molar-refractivity contribution in [2.24, 2.45) is 0 Å². The molecule has 0 radical (unpaired) electrons. The van der Waals surface area contributed by atoms with E-state index in [9.17, 15) is 9.90 Å². The smallest absolute Gasteiger partial charge is 0.356 e. The molecule has 2 N–H and O–H groups in total. The SMILES string of the molecule is CC(C)c1ncc(NCC2CCCO2)c(C(=O)O)n1. The summed E-state index contributed by atoms with van der Waals surface area (Å²) in [6, 6.07) is 0. The van der Waals surface area contributed by atoms with Crippen LogP contribution in [0.25, 0.3) is 0 Å². The van der Waals surface area contributed by atoms with Gasteiger partial charge in [-0.15, -0.1) is 0 Å². The van der Waals surface area contributed by atoms with Crippen LogP contribution >= 0.6 is 0 Å². The lowest BCUT2D eigenvalue weighted by molar-refractivity contribution is 0.0690. The van der Waals surface area contributed by atoms with E-state index < -0.39 is 5.97 Å². The molecule has 104 valence electrons. The largest absolute Gasteiger partial charge is 0.476 e. The fourth-order valence-corrected chi connectivity index (χ4v) is 2.00. The van der Waals surface area contributed by atoms with Crippen molar-refractivity contribution < 1.29 is 14.6 Å². The Labute approximate surface area is 112 Å². The van der Waals surface area contributed by atoms with Gasteiger partial charge in [0.25, 0.3) is 0 Å². The molecule has 1 unspecified atom stereocenters. The normalized spacial score (nSPS) is 18.8. The van der Waals surface area contributed by atoms with Crippen LogP contribution in [0.15, 0.2) is 6.20 Å². The lowest BCUT2D eigenvalue weighted by Gasteiger charge is -2.14. The molecule has 1 aliphatic heterocycles. The first kappa shape index (κ1) is 13.7. The van der Waals surface area contributed by atoms with Crippen molar-refractivity contribution in [2.45, 2.75) is 38.7 Å². The Bertz CT molecular complexity index is 456. The van der Waals surface area contributed by atoms with Gasteiger partial charge in [0.05, 0.1) is 18.0 Å². The first-order chi connectivity index (χ1) is 9.08. The molecule has 6 heteroatoms. The lowest BCUT2D eigenvalue weighted by atomic mass is 10.2. The number of nitrogens with zero attached hydrogens (tertiary/aromatic N) is 2. The molecule has 1 aromatic heterocycles. The van der Waals surface area contributed by atoms with Crippen LogP contribution in [0.3, 0.4) is 0 Å². The maximum atomic E-state index is 11.2. The molecule has 0 aliphatic carbocycles. The number of aromatic nitrogens is 2. The number of aromatic carboxylic acids is 1. The van der Waals surface area contributed by atoms with Gasteiger partial charge in [-0.05, 0) is 12.8 Å². The minimum atomic E-state index is -1.04. The van der Waals surface area contributed by atoms with E-state index in [1.165, 1.54) is 0 Å². The molecule has 0 saturated carbocycles. The highest BCUT2D eigenvalue weighted by atomic mass is 16.5. The van der Waals surface area contributed by atoms with Crippen LogP contribution in [0.2, 0.25) is 0 Å². The second-order valence-electron chi connectivity index (χ2n) is 4.97. The Morgan fingerprint density at radius 2 is 2.42 bits per heavy atom. The highest BCUT2D eigenvalue weighted by molar-refractivity contribution is 5.91. The van der Waals surface area contributed by atoms with E-state index in [4.69, 9.17) is 4.74 Å². The van der Waals surface area contributed by atoms with Crippen molar-refractivity contribution in [3.05, 3.63) is 17.7 Å². The average molecular weight is 265 g/mol. The Hall–Kier alpha value is -1.69. The molecule has 0 spiro atoms. The number of carboxylic acid groups (broad SMARTS) is 1. The van der Waals surface area contributed by atoms with Gasteiger partial charge in [0.15, 0.2) is 5.69 Å². The Morgan fingerprint density at radius 3 is 3.00 bits per heavy atom. The van der Waals surface area contributed by atoms with Gasteiger partial charge in [0, 0.05) is 19.1 Å². The van der Waals surface area contributed by atoms with Gasteiger partial charge in [-0.1, -0.05) is 13.8 Å². The summed E-state index contributed by atoms with van der Waals surface area (Å²) in [7, 11) is 0. The van der Waals surface area contributed by atoms with E-state index in [-0.39, 0.29) is 17.7 Å². The van der Waals surface area contributed by atoms with Crippen LogP contribution in [0.4, 0.5) is 5.69 Å². The maximum Gasteiger partial charge on any atom is 0.356 e. The van der Waals surface area contributed by atoms with Crippen LogP contribution < -0.4 is 5.32 Å². The van der Waals surface area contributed by atoms with Crippen LogP contribution in [-0.2, 0) is 4.74 Å². The van der Waals surface area contributed by atoms with Crippen molar-refractivity contribution in [3.8, 4) is 0 Å². The van der Waals surface area contributed by atoms with E-state index >= 15 is 0 Å². The van der Waals surface area contributed by atoms with E-state index in [1.54, 1.807) is 6.20 Å². The second-order valence-corrected chi connectivity index (χ2v) is 4.97. The maximum absolute atomic E-state index is 11.2. The third-order valence-electron chi connectivity index (χ3n) is 3.07. The molecule has 2 heterocycles. The molecular formula is C13H19N3O3. The zero-order valence-electron chi connectivity index (χ0n) is 11.2. The van der Waals surface area contributed by atoms with Crippen LogP contribution in [0, 0.1) is 0 Å². The summed E-state index contributed by atoms with van der Waals surface area (Å²) in [5.41, 5.74) is 0.476. The average Bonchev–Trinajstić information content (AvgIpc) is 2.89. The molecule has 0 amide bonds. The van der Waals surface area contributed by atoms with Crippen LogP contribution in [0.1, 0.15) is 48.9 Å². The predicted octanol–water partition coefficient (Wildman–Crippen LogP) is 1.89. The molecule has 19 heavy (non-hydrogen) atoms. The van der Waals surface area contributed by atoms with Gasteiger partial charge >= 0.3 is 5.97 Å². The standard InChI is InChI=1S/C13H19N3O3/c1-8(2)12-15-7-10(11(16-12)13(17)18)14-6-9-4-3-5-19-9/h7-9,14H,3-6H2,1-2H3,(H,17,18). The van der Waals surface area contributed by atoms with Gasteiger partial charge in [-0.3, -0.25) is 0 Å². The van der Waals surface area contributed by atoms with Gasteiger partial charge in [-0.2, -0.15) is 0 Å². The Balaban J connectivity index is 2.11. The number of carbonyl (C=O) groups is 1. The van der Waals surface area contributed by atoms with Crippen molar-refractivity contribution >= 4 is 11.7 Å². The third-order valence-corrected chi connectivity index (χ3v) is 3.07. The zero-order chi connectivity index (χ0) is 13.8. The van der Waals surface area contributed by atoms with Crippen LogP contribution in [-0.4, -0.2) is 40.3 Å². The summed E-state index contributed by atoms with van der Waals surface area (Å²) < 4.78 is 5.49. The fourth-order valence-electron chi connectivity index (χ4n) is 2.00. The van der Waals surface area contributed by atoms with Crippen LogP contribution in [0.5, 0.6) is 0 Å². The molecule has 1 fully saturated rings. The van der Waals surface area contributed by atoms with E-state index in [1.807, 2.05) is 13.8 Å². The summed E-state index contributed by atoms with van der Waals surface area (Å²) in [4.78, 5) is 19.5. The molecule has 6 nitrogen and oxygen atoms in total. The fraction of sp³-hybridized carbons (Fsp3) is 0.615. The summed E-state index contributed by atoms with van der Waals surface area (Å²) in [5.74, 6) is -0.399.